The average molecular weight is 522 g/mol. The smallest absolute Gasteiger partial charge is 0.326 e. The van der Waals surface area contributed by atoms with E-state index in [1.165, 1.54) is 0 Å². The highest BCUT2D eigenvalue weighted by molar-refractivity contribution is 5.95. The molecule has 0 radical (unpaired) electrons. The lowest BCUT2D eigenvalue weighted by Crippen LogP contribution is -2.58. The van der Waals surface area contributed by atoms with E-state index in [4.69, 9.17) is 16.6 Å². The van der Waals surface area contributed by atoms with Crippen LogP contribution in [0.5, 0.6) is 0 Å². The molecule has 0 aliphatic heterocycles. The third-order valence-electron chi connectivity index (χ3n) is 5.28. The number of carboxylic acid groups (broad SMARTS) is 2. The highest BCUT2D eigenvalue weighted by Crippen LogP contribution is 2.08. The molecular weight excluding hydrogens is 486 g/mol. The summed E-state index contributed by atoms with van der Waals surface area (Å²) < 4.78 is 0. The summed E-state index contributed by atoms with van der Waals surface area (Å²) in [6.07, 6.45) is -1.10. The molecule has 13 nitrogen and oxygen atoms in total. The fourth-order valence-corrected chi connectivity index (χ4v) is 3.43. The molecule has 1 aromatic carbocycles. The van der Waals surface area contributed by atoms with E-state index in [1.807, 2.05) is 13.8 Å². The number of nitrogens with two attached hydrogens (primary N) is 2. The Balaban J connectivity index is 3.14. The second-order valence-electron chi connectivity index (χ2n) is 9.05. The Kier molecular flexibility index (Phi) is 12.7. The Morgan fingerprint density at radius 2 is 1.38 bits per heavy atom. The molecule has 37 heavy (non-hydrogen) atoms. The molecule has 0 aliphatic rings. The Hall–Kier alpha value is -4.00. The van der Waals surface area contributed by atoms with Gasteiger partial charge in [-0.25, -0.2) is 4.79 Å². The summed E-state index contributed by atoms with van der Waals surface area (Å²) in [7, 11) is 0. The van der Waals surface area contributed by atoms with Crippen molar-refractivity contribution in [2.45, 2.75) is 70.1 Å². The minimum Gasteiger partial charge on any atom is -0.481 e. The molecular formula is C24H35N5O8. The van der Waals surface area contributed by atoms with Crippen LogP contribution < -0.4 is 27.4 Å². The highest BCUT2D eigenvalue weighted by Gasteiger charge is 2.31. The van der Waals surface area contributed by atoms with Crippen LogP contribution in [0.2, 0.25) is 0 Å². The number of benzene rings is 1. The van der Waals surface area contributed by atoms with Crippen molar-refractivity contribution in [2.75, 3.05) is 0 Å². The number of rotatable bonds is 16. The van der Waals surface area contributed by atoms with Gasteiger partial charge in [0.2, 0.25) is 23.6 Å². The molecule has 13 heteroatoms. The van der Waals surface area contributed by atoms with Crippen molar-refractivity contribution in [3.63, 3.8) is 0 Å². The quantitative estimate of drug-likeness (QED) is 0.139. The van der Waals surface area contributed by atoms with Gasteiger partial charge < -0.3 is 37.6 Å². The van der Waals surface area contributed by atoms with E-state index in [-0.39, 0.29) is 25.2 Å². The zero-order chi connectivity index (χ0) is 28.1. The first-order valence-corrected chi connectivity index (χ1v) is 11.7. The van der Waals surface area contributed by atoms with Gasteiger partial charge in [-0.2, -0.15) is 0 Å². The van der Waals surface area contributed by atoms with Crippen molar-refractivity contribution < 1.29 is 39.0 Å². The summed E-state index contributed by atoms with van der Waals surface area (Å²) in [5.41, 5.74) is 11.8. The molecule has 0 saturated carbocycles. The summed E-state index contributed by atoms with van der Waals surface area (Å²) in [5, 5.41) is 25.2. The zero-order valence-corrected chi connectivity index (χ0v) is 20.8. The maximum atomic E-state index is 13.2. The van der Waals surface area contributed by atoms with Crippen LogP contribution in [0, 0.1) is 5.92 Å². The number of amides is 4. The summed E-state index contributed by atoms with van der Waals surface area (Å²) >= 11 is 0. The van der Waals surface area contributed by atoms with E-state index in [0.717, 1.165) is 0 Å². The van der Waals surface area contributed by atoms with Crippen molar-refractivity contribution in [2.24, 2.45) is 17.4 Å². The van der Waals surface area contributed by atoms with Gasteiger partial charge >= 0.3 is 11.9 Å². The molecule has 204 valence electrons. The maximum absolute atomic E-state index is 13.2. The molecule has 1 aromatic rings. The molecule has 4 unspecified atom stereocenters. The van der Waals surface area contributed by atoms with E-state index in [2.05, 4.69) is 16.0 Å². The first-order chi connectivity index (χ1) is 17.3. The van der Waals surface area contributed by atoms with E-state index in [9.17, 15) is 33.9 Å². The van der Waals surface area contributed by atoms with E-state index in [1.54, 1.807) is 30.3 Å². The number of primary amides is 1. The molecule has 0 fully saturated rings. The van der Waals surface area contributed by atoms with Gasteiger partial charge in [0.05, 0.1) is 12.5 Å². The second-order valence-corrected chi connectivity index (χ2v) is 9.05. The highest BCUT2D eigenvalue weighted by atomic mass is 16.4. The van der Waals surface area contributed by atoms with Gasteiger partial charge in [0.25, 0.3) is 0 Å². The summed E-state index contributed by atoms with van der Waals surface area (Å²) in [5.74, 6) is -6.10. The van der Waals surface area contributed by atoms with E-state index in [0.29, 0.717) is 12.0 Å². The molecule has 4 amide bonds. The van der Waals surface area contributed by atoms with Crippen molar-refractivity contribution in [1.82, 2.24) is 16.0 Å². The Bertz CT molecular complexity index is 969. The van der Waals surface area contributed by atoms with Gasteiger partial charge in [-0.15, -0.1) is 0 Å². The van der Waals surface area contributed by atoms with E-state index >= 15 is 0 Å². The number of carboxylic acids is 2. The lowest BCUT2D eigenvalue weighted by Gasteiger charge is -2.25. The van der Waals surface area contributed by atoms with Crippen molar-refractivity contribution >= 4 is 35.6 Å². The number of hydrogen-bond acceptors (Lipinski definition) is 7. The lowest BCUT2D eigenvalue weighted by molar-refractivity contribution is -0.147. The average Bonchev–Trinajstić information content (AvgIpc) is 2.80. The first-order valence-electron chi connectivity index (χ1n) is 11.7. The molecule has 0 aliphatic carbocycles. The fraction of sp³-hybridized carbons (Fsp3) is 0.500. The van der Waals surface area contributed by atoms with Crippen LogP contribution in [0.4, 0.5) is 0 Å². The Morgan fingerprint density at radius 1 is 0.838 bits per heavy atom. The number of hydrogen-bond donors (Lipinski definition) is 7. The molecule has 9 N–H and O–H groups in total. The first kappa shape index (κ1) is 31.0. The van der Waals surface area contributed by atoms with E-state index < -0.39 is 66.2 Å². The fourth-order valence-electron chi connectivity index (χ4n) is 3.43. The molecule has 0 heterocycles. The van der Waals surface area contributed by atoms with Gasteiger partial charge in [0.15, 0.2) is 0 Å². The van der Waals surface area contributed by atoms with Crippen molar-refractivity contribution in [3.05, 3.63) is 35.9 Å². The number of carbonyl (C=O) groups is 6. The summed E-state index contributed by atoms with van der Waals surface area (Å²) in [6.45, 7) is 3.77. The van der Waals surface area contributed by atoms with Crippen molar-refractivity contribution in [1.29, 1.82) is 0 Å². The number of aliphatic carboxylic acids is 2. The van der Waals surface area contributed by atoms with Gasteiger partial charge in [-0.1, -0.05) is 44.2 Å². The van der Waals surface area contributed by atoms with Gasteiger partial charge in [0.1, 0.15) is 18.1 Å². The standard InChI is InChI=1S/C24H35N5O8/c1-13(2)10-15(25)21(33)28-17(11-14-6-4-3-5-7-14)23(35)27-16(8-9-19(26)30)22(34)29-18(24(36)37)12-20(31)32/h3-7,13,15-18H,8-12,25H2,1-2H3,(H2,26,30)(H,27,35)(H,28,33)(H,29,34)(H,31,32)(H,36,37). The molecule has 0 bridgehead atoms. The minimum atomic E-state index is -1.77. The predicted molar refractivity (Wildman–Crippen MR) is 132 cm³/mol. The minimum absolute atomic E-state index is 0.0493. The Labute approximate surface area is 214 Å². The van der Waals surface area contributed by atoms with Crippen LogP contribution >= 0.6 is 0 Å². The van der Waals surface area contributed by atoms with Crippen LogP contribution in [-0.2, 0) is 35.2 Å². The second kappa shape index (κ2) is 15.2. The third-order valence-corrected chi connectivity index (χ3v) is 5.28. The molecule has 1 rings (SSSR count). The van der Waals surface area contributed by atoms with Crippen molar-refractivity contribution in [3.8, 4) is 0 Å². The predicted octanol–water partition coefficient (Wildman–Crippen LogP) is -1.12. The summed E-state index contributed by atoms with van der Waals surface area (Å²) in [6, 6.07) is 3.49. The molecule has 0 aromatic heterocycles. The lowest BCUT2D eigenvalue weighted by atomic mass is 10.0. The maximum Gasteiger partial charge on any atom is 0.326 e. The van der Waals surface area contributed by atoms with Gasteiger partial charge in [0, 0.05) is 12.8 Å². The third kappa shape index (κ3) is 12.0. The van der Waals surface area contributed by atoms with Gasteiger partial charge in [-0.3, -0.25) is 24.0 Å². The van der Waals surface area contributed by atoms with Crippen LogP contribution in [0.15, 0.2) is 30.3 Å². The molecule has 4 atom stereocenters. The Morgan fingerprint density at radius 3 is 1.89 bits per heavy atom. The molecule has 0 saturated heterocycles. The van der Waals surface area contributed by atoms with Crippen LogP contribution in [0.1, 0.15) is 45.1 Å². The van der Waals surface area contributed by atoms with Crippen LogP contribution in [0.25, 0.3) is 0 Å². The van der Waals surface area contributed by atoms with Crippen LogP contribution in [0.3, 0.4) is 0 Å². The number of nitrogens with one attached hydrogen (secondary N) is 3. The van der Waals surface area contributed by atoms with Crippen LogP contribution in [-0.4, -0.2) is 69.9 Å². The van der Waals surface area contributed by atoms with Gasteiger partial charge in [-0.05, 0) is 24.3 Å². The molecule has 0 spiro atoms. The largest absolute Gasteiger partial charge is 0.481 e. The normalized spacial score (nSPS) is 14.1. The zero-order valence-electron chi connectivity index (χ0n) is 20.8. The number of carbonyl (C=O) groups excluding carboxylic acids is 4. The monoisotopic (exact) mass is 521 g/mol. The summed E-state index contributed by atoms with van der Waals surface area (Å²) in [4.78, 5) is 72.3. The topological polar surface area (TPSA) is 231 Å². The SMILES string of the molecule is CC(C)CC(N)C(=O)NC(Cc1ccccc1)C(=O)NC(CCC(N)=O)C(=O)NC(CC(=O)O)C(=O)O.